The Morgan fingerprint density at radius 3 is 2.43 bits per heavy atom. The van der Waals surface area contributed by atoms with Gasteiger partial charge in [0.1, 0.15) is 17.0 Å². The zero-order chi connectivity index (χ0) is 19.2. The lowest BCUT2D eigenvalue weighted by Crippen LogP contribution is -2.09. The van der Waals surface area contributed by atoms with Gasteiger partial charge in [-0.25, -0.2) is 4.98 Å². The van der Waals surface area contributed by atoms with Crippen LogP contribution in [0.3, 0.4) is 0 Å². The van der Waals surface area contributed by atoms with Crippen molar-refractivity contribution < 1.29 is 18.7 Å². The summed E-state index contributed by atoms with van der Waals surface area (Å²) in [5, 5.41) is 0. The summed E-state index contributed by atoms with van der Waals surface area (Å²) in [4.78, 5) is 16.5. The topological polar surface area (TPSA) is 61.6 Å². The number of nitrogens with zero attached hydrogens (tertiary/aromatic N) is 1. The first-order chi connectivity index (χ1) is 13.8. The number of aromatic nitrogens is 1. The number of esters is 1. The molecular weight excluding hydrogens is 354 g/mol. The van der Waals surface area contributed by atoms with E-state index in [-0.39, 0.29) is 12.4 Å². The van der Waals surface area contributed by atoms with Crippen molar-refractivity contribution in [3.05, 3.63) is 78.9 Å². The van der Waals surface area contributed by atoms with E-state index in [0.29, 0.717) is 30.3 Å². The Morgan fingerprint density at radius 2 is 1.64 bits per heavy atom. The zero-order valence-electron chi connectivity index (χ0n) is 15.2. The largest absolute Gasteiger partial charge is 0.494 e. The second-order valence-electron chi connectivity index (χ2n) is 6.25. The number of ether oxygens (including phenoxy) is 2. The minimum absolute atomic E-state index is 0.274. The van der Waals surface area contributed by atoms with E-state index >= 15 is 0 Å². The molecule has 0 saturated carbocycles. The third kappa shape index (κ3) is 4.38. The Kier molecular flexibility index (Phi) is 5.33. The highest BCUT2D eigenvalue weighted by molar-refractivity contribution is 5.79. The first-order valence-electron chi connectivity index (χ1n) is 9.12. The molecule has 0 atom stereocenters. The summed E-state index contributed by atoms with van der Waals surface area (Å²) in [6.45, 7) is 0.459. The normalized spacial score (nSPS) is 10.7. The zero-order valence-corrected chi connectivity index (χ0v) is 15.2. The van der Waals surface area contributed by atoms with Gasteiger partial charge in [-0.3, -0.25) is 4.79 Å². The van der Waals surface area contributed by atoms with Crippen LogP contribution in [0.1, 0.15) is 12.8 Å². The summed E-state index contributed by atoms with van der Waals surface area (Å²) in [5.74, 6) is 1.47. The van der Waals surface area contributed by atoms with Crippen molar-refractivity contribution in [2.45, 2.75) is 12.8 Å². The molecule has 1 aromatic heterocycles. The maximum atomic E-state index is 12.1. The lowest BCUT2D eigenvalue weighted by molar-refractivity contribution is -0.134. The molecule has 4 rings (SSSR count). The molecule has 0 saturated heterocycles. The minimum atomic E-state index is -0.307. The molecule has 3 aromatic carbocycles. The van der Waals surface area contributed by atoms with Gasteiger partial charge in [0.25, 0.3) is 0 Å². The van der Waals surface area contributed by atoms with Crippen LogP contribution >= 0.6 is 0 Å². The number of carbonyl (C=O) groups is 1. The average Bonchev–Trinajstić information content (AvgIpc) is 3.16. The summed E-state index contributed by atoms with van der Waals surface area (Å²) >= 11 is 0. The quantitative estimate of drug-likeness (QED) is 0.251. The highest BCUT2D eigenvalue weighted by atomic mass is 16.5. The molecule has 4 aromatic rings. The number of carbonyl (C=O) groups excluding carboxylic acids is 1. The number of rotatable bonds is 7. The molecule has 1 heterocycles. The molecule has 0 bridgehead atoms. The van der Waals surface area contributed by atoms with Gasteiger partial charge in [-0.2, -0.15) is 0 Å². The van der Waals surface area contributed by atoms with E-state index in [0.717, 1.165) is 16.8 Å². The third-order valence-corrected chi connectivity index (χ3v) is 4.15. The van der Waals surface area contributed by atoms with Gasteiger partial charge in [0, 0.05) is 18.1 Å². The number of oxazole rings is 1. The molecule has 5 heteroatoms. The molecule has 140 valence electrons. The van der Waals surface area contributed by atoms with Crippen molar-refractivity contribution in [3.8, 4) is 23.0 Å². The Hall–Kier alpha value is -3.60. The molecule has 0 N–H and O–H groups in total. The molecule has 0 aliphatic rings. The lowest BCUT2D eigenvalue weighted by atomic mass is 10.2. The van der Waals surface area contributed by atoms with Crippen molar-refractivity contribution in [2.75, 3.05) is 6.61 Å². The number of hydrogen-bond donors (Lipinski definition) is 0. The van der Waals surface area contributed by atoms with Crippen LogP contribution < -0.4 is 9.47 Å². The van der Waals surface area contributed by atoms with E-state index in [1.54, 1.807) is 18.2 Å². The first-order valence-corrected chi connectivity index (χ1v) is 9.12. The fourth-order valence-corrected chi connectivity index (χ4v) is 2.78. The molecule has 0 fully saturated rings. The van der Waals surface area contributed by atoms with Crippen LogP contribution in [0.4, 0.5) is 0 Å². The Labute approximate surface area is 162 Å². The van der Waals surface area contributed by atoms with Crippen molar-refractivity contribution in [3.63, 3.8) is 0 Å². The molecule has 0 radical (unpaired) electrons. The predicted molar refractivity (Wildman–Crippen MR) is 106 cm³/mol. The van der Waals surface area contributed by atoms with Gasteiger partial charge in [-0.05, 0) is 42.8 Å². The summed E-state index contributed by atoms with van der Waals surface area (Å²) < 4.78 is 16.8. The maximum absolute atomic E-state index is 12.1. The highest BCUT2D eigenvalue weighted by Crippen LogP contribution is 2.27. The van der Waals surface area contributed by atoms with Gasteiger partial charge in [0.15, 0.2) is 5.58 Å². The molecule has 0 spiro atoms. The monoisotopic (exact) mass is 373 g/mol. The van der Waals surface area contributed by atoms with Crippen molar-refractivity contribution in [2.24, 2.45) is 0 Å². The predicted octanol–water partition coefficient (Wildman–Crippen LogP) is 5.26. The summed E-state index contributed by atoms with van der Waals surface area (Å²) in [7, 11) is 0. The molecule has 0 unspecified atom stereocenters. The van der Waals surface area contributed by atoms with Crippen LogP contribution in [-0.4, -0.2) is 17.6 Å². The summed E-state index contributed by atoms with van der Waals surface area (Å²) in [6.07, 6.45) is 0.854. The third-order valence-electron chi connectivity index (χ3n) is 4.15. The molecular formula is C23H19NO4. The van der Waals surface area contributed by atoms with E-state index in [9.17, 15) is 4.79 Å². The van der Waals surface area contributed by atoms with Crippen LogP contribution in [0.15, 0.2) is 83.3 Å². The summed E-state index contributed by atoms with van der Waals surface area (Å²) in [5.41, 5.74) is 2.20. The van der Waals surface area contributed by atoms with Crippen LogP contribution in [-0.2, 0) is 4.79 Å². The number of benzene rings is 3. The molecule has 5 nitrogen and oxygen atoms in total. The van der Waals surface area contributed by atoms with E-state index < -0.39 is 0 Å². The first kappa shape index (κ1) is 17.8. The Bertz CT molecular complexity index is 1060. The smallest absolute Gasteiger partial charge is 0.311 e. The van der Waals surface area contributed by atoms with E-state index in [4.69, 9.17) is 13.9 Å². The van der Waals surface area contributed by atoms with Gasteiger partial charge < -0.3 is 13.9 Å². The van der Waals surface area contributed by atoms with E-state index in [1.807, 2.05) is 60.7 Å². The molecule has 0 aliphatic heterocycles. The van der Waals surface area contributed by atoms with Gasteiger partial charge in [0.05, 0.1) is 6.61 Å². The van der Waals surface area contributed by atoms with Crippen molar-refractivity contribution >= 4 is 17.1 Å². The van der Waals surface area contributed by atoms with Gasteiger partial charge in [0.2, 0.25) is 5.89 Å². The SMILES string of the molecule is O=C(CCCOc1ccccc1)Oc1ccc2nc(-c3ccccc3)oc2c1. The van der Waals surface area contributed by atoms with Gasteiger partial charge in [-0.1, -0.05) is 36.4 Å². The van der Waals surface area contributed by atoms with E-state index in [2.05, 4.69) is 4.98 Å². The second-order valence-corrected chi connectivity index (χ2v) is 6.25. The number of para-hydroxylation sites is 1. The fraction of sp³-hybridized carbons (Fsp3) is 0.130. The van der Waals surface area contributed by atoms with Crippen LogP contribution in [0.5, 0.6) is 11.5 Å². The Balaban J connectivity index is 1.33. The van der Waals surface area contributed by atoms with Crippen molar-refractivity contribution in [1.29, 1.82) is 0 Å². The van der Waals surface area contributed by atoms with Crippen molar-refractivity contribution in [1.82, 2.24) is 4.98 Å². The van der Waals surface area contributed by atoms with Gasteiger partial charge >= 0.3 is 5.97 Å². The van der Waals surface area contributed by atoms with Gasteiger partial charge in [-0.15, -0.1) is 0 Å². The standard InChI is InChI=1S/C23H19NO4/c25-22(12-7-15-26-18-10-5-2-6-11-18)27-19-13-14-20-21(16-19)28-23(24-20)17-8-3-1-4-9-17/h1-6,8-11,13-14,16H,7,12,15H2. The Morgan fingerprint density at radius 1 is 0.893 bits per heavy atom. The lowest BCUT2D eigenvalue weighted by Gasteiger charge is -2.06. The molecule has 0 amide bonds. The van der Waals surface area contributed by atoms with Crippen LogP contribution in [0.25, 0.3) is 22.6 Å². The second kappa shape index (κ2) is 8.39. The number of fused-ring (bicyclic) bond motifs is 1. The molecule has 28 heavy (non-hydrogen) atoms. The number of hydrogen-bond acceptors (Lipinski definition) is 5. The average molecular weight is 373 g/mol. The highest BCUT2D eigenvalue weighted by Gasteiger charge is 2.11. The minimum Gasteiger partial charge on any atom is -0.494 e. The summed E-state index contributed by atoms with van der Waals surface area (Å²) in [6, 6.07) is 24.4. The van der Waals surface area contributed by atoms with E-state index in [1.165, 1.54) is 0 Å². The van der Waals surface area contributed by atoms with Crippen LogP contribution in [0.2, 0.25) is 0 Å². The molecule has 0 aliphatic carbocycles. The fourth-order valence-electron chi connectivity index (χ4n) is 2.78. The maximum Gasteiger partial charge on any atom is 0.311 e. The van der Waals surface area contributed by atoms with Crippen LogP contribution in [0, 0.1) is 0 Å².